The van der Waals surface area contributed by atoms with Crippen molar-refractivity contribution in [3.63, 3.8) is 0 Å². The molecule has 0 atom stereocenters. The van der Waals surface area contributed by atoms with E-state index in [0.717, 1.165) is 11.1 Å². The molecule has 1 saturated heterocycles. The predicted octanol–water partition coefficient (Wildman–Crippen LogP) is 4.63. The second-order valence-electron chi connectivity index (χ2n) is 9.69. The molecule has 2 amide bonds. The molecular formula is C25H29F2N3O3. The molecule has 8 heteroatoms. The third-order valence-corrected chi connectivity index (χ3v) is 6.83. The third kappa shape index (κ3) is 4.18. The molecule has 1 spiro atoms. The zero-order valence-corrected chi connectivity index (χ0v) is 19.3. The number of carbonyl (C=O) groups is 2. The molecule has 2 fully saturated rings. The van der Waals surface area contributed by atoms with Gasteiger partial charge in [-0.05, 0) is 48.9 Å². The van der Waals surface area contributed by atoms with Gasteiger partial charge in [-0.15, -0.1) is 0 Å². The first-order valence-electron chi connectivity index (χ1n) is 11.1. The number of alkyl halides is 2. The number of nitrogens with zero attached hydrogens (tertiary/aromatic N) is 2. The van der Waals surface area contributed by atoms with E-state index < -0.39 is 12.0 Å². The summed E-state index contributed by atoms with van der Waals surface area (Å²) in [6.07, 6.45) is 1.17. The highest BCUT2D eigenvalue weighted by Gasteiger charge is 2.64. The van der Waals surface area contributed by atoms with Crippen molar-refractivity contribution in [3.05, 3.63) is 53.2 Å². The normalized spacial score (nSPS) is 18.1. The lowest BCUT2D eigenvalue weighted by Crippen LogP contribution is -2.70. The van der Waals surface area contributed by atoms with Gasteiger partial charge in [0.1, 0.15) is 5.69 Å². The quantitative estimate of drug-likeness (QED) is 0.686. The minimum atomic E-state index is -3.05. The second-order valence-corrected chi connectivity index (χ2v) is 9.69. The Morgan fingerprint density at radius 2 is 1.79 bits per heavy atom. The largest absolute Gasteiger partial charge is 0.415 e. The summed E-state index contributed by atoms with van der Waals surface area (Å²) < 4.78 is 30.4. The van der Waals surface area contributed by atoms with Gasteiger partial charge in [-0.2, -0.15) is 8.78 Å². The van der Waals surface area contributed by atoms with Crippen molar-refractivity contribution in [2.75, 3.05) is 18.4 Å². The van der Waals surface area contributed by atoms with Crippen LogP contribution in [-0.4, -0.2) is 41.4 Å². The van der Waals surface area contributed by atoms with Crippen LogP contribution in [-0.2, 0) is 15.0 Å². The number of pyridine rings is 1. The van der Waals surface area contributed by atoms with Gasteiger partial charge in [0.05, 0.1) is 5.41 Å². The third-order valence-electron chi connectivity index (χ3n) is 6.83. The number of nitrogens with one attached hydrogen (secondary N) is 1. The maximum Gasteiger partial charge on any atom is 0.388 e. The summed E-state index contributed by atoms with van der Waals surface area (Å²) in [6.45, 7) is 5.59. The number of anilines is 1. The van der Waals surface area contributed by atoms with Gasteiger partial charge >= 0.3 is 6.61 Å². The number of hydrogen-bond acceptors (Lipinski definition) is 4. The van der Waals surface area contributed by atoms with E-state index >= 15 is 0 Å². The van der Waals surface area contributed by atoms with Crippen LogP contribution in [0.2, 0.25) is 0 Å². The Morgan fingerprint density at radius 3 is 2.39 bits per heavy atom. The van der Waals surface area contributed by atoms with Crippen molar-refractivity contribution < 1.29 is 23.1 Å². The molecule has 1 aromatic heterocycles. The first kappa shape index (κ1) is 23.1. The highest BCUT2D eigenvalue weighted by molar-refractivity contribution is 6.01. The Bertz CT molecular complexity index is 1070. The number of likely N-dealkylation sites (tertiary alicyclic amines) is 1. The Morgan fingerprint density at radius 1 is 1.12 bits per heavy atom. The monoisotopic (exact) mass is 457 g/mol. The van der Waals surface area contributed by atoms with E-state index in [1.54, 1.807) is 24.8 Å². The van der Waals surface area contributed by atoms with Crippen LogP contribution in [0.4, 0.5) is 14.5 Å². The van der Waals surface area contributed by atoms with E-state index in [-0.39, 0.29) is 34.7 Å². The number of amides is 2. The number of rotatable bonds is 6. The van der Waals surface area contributed by atoms with Crippen molar-refractivity contribution in [2.24, 2.45) is 5.41 Å². The molecular weight excluding hydrogens is 428 g/mol. The van der Waals surface area contributed by atoms with Crippen LogP contribution in [0.3, 0.4) is 0 Å². The first-order chi connectivity index (χ1) is 15.5. The van der Waals surface area contributed by atoms with Gasteiger partial charge in [0, 0.05) is 31.1 Å². The van der Waals surface area contributed by atoms with E-state index in [1.807, 2.05) is 24.3 Å². The molecule has 1 aliphatic carbocycles. The number of aryl methyl sites for hydroxylation is 1. The molecule has 176 valence electrons. The lowest BCUT2D eigenvalue weighted by atomic mass is 9.46. The maximum absolute atomic E-state index is 13.8. The second kappa shape index (κ2) is 8.39. The fraction of sp³-hybridized carbons (Fsp3) is 0.480. The van der Waals surface area contributed by atoms with Crippen LogP contribution in [0.25, 0.3) is 0 Å². The number of hydrogen-bond donors (Lipinski definition) is 1. The fourth-order valence-corrected chi connectivity index (χ4v) is 5.39. The van der Waals surface area contributed by atoms with Crippen LogP contribution in [0, 0.1) is 12.3 Å². The summed E-state index contributed by atoms with van der Waals surface area (Å²) in [5.74, 6) is -0.334. The van der Waals surface area contributed by atoms with Crippen LogP contribution in [0.1, 0.15) is 56.4 Å². The van der Waals surface area contributed by atoms with Crippen LogP contribution in [0.15, 0.2) is 36.4 Å². The van der Waals surface area contributed by atoms with E-state index in [9.17, 15) is 18.4 Å². The highest BCUT2D eigenvalue weighted by atomic mass is 19.3. The number of ether oxygens (including phenoxy) is 1. The predicted molar refractivity (Wildman–Crippen MR) is 120 cm³/mol. The SMILES string of the molecule is CC(=O)N1CC2(C1)CC(C(=O)Nc1ccc(C)nc1OC(F)F)(c1ccccc1C(C)C)C2. The first-order valence-corrected chi connectivity index (χ1v) is 11.1. The molecule has 6 nitrogen and oxygen atoms in total. The molecule has 2 aromatic rings. The van der Waals surface area contributed by atoms with Gasteiger partial charge in [0.15, 0.2) is 0 Å². The molecule has 33 heavy (non-hydrogen) atoms. The summed E-state index contributed by atoms with van der Waals surface area (Å²) in [5.41, 5.74) is 1.73. The summed E-state index contributed by atoms with van der Waals surface area (Å²) in [6, 6.07) is 11.1. The Kier molecular flexibility index (Phi) is 5.88. The van der Waals surface area contributed by atoms with Crippen LogP contribution < -0.4 is 10.1 Å². The van der Waals surface area contributed by atoms with Crippen LogP contribution in [0.5, 0.6) is 5.88 Å². The minimum absolute atomic E-state index is 0.0321. The topological polar surface area (TPSA) is 71.5 Å². The minimum Gasteiger partial charge on any atom is -0.415 e. The molecule has 1 saturated carbocycles. The van der Waals surface area contributed by atoms with Crippen molar-refractivity contribution >= 4 is 17.5 Å². The van der Waals surface area contributed by atoms with Crippen molar-refractivity contribution in [2.45, 2.75) is 58.5 Å². The lowest BCUT2D eigenvalue weighted by molar-refractivity contribution is -0.161. The lowest BCUT2D eigenvalue weighted by Gasteiger charge is -2.63. The zero-order valence-electron chi connectivity index (χ0n) is 19.3. The maximum atomic E-state index is 13.8. The number of halogens is 2. The van der Waals surface area contributed by atoms with E-state index in [4.69, 9.17) is 0 Å². The average Bonchev–Trinajstić information content (AvgIpc) is 2.67. The van der Waals surface area contributed by atoms with Crippen molar-refractivity contribution in [1.82, 2.24) is 9.88 Å². The van der Waals surface area contributed by atoms with E-state index in [0.29, 0.717) is 31.6 Å². The molecule has 2 heterocycles. The standard InChI is InChI=1S/C25H29F2N3O3/c1-15(2)18-7-5-6-8-19(18)25(11-24(12-25)13-30(14-24)17(4)31)22(32)29-20-10-9-16(3)28-21(20)33-23(26)27/h5-10,15,23H,11-14H2,1-4H3,(H,29,32). The molecule has 1 N–H and O–H groups in total. The summed E-state index contributed by atoms with van der Waals surface area (Å²) in [7, 11) is 0. The average molecular weight is 458 g/mol. The number of carbonyl (C=O) groups excluding carboxylic acids is 2. The van der Waals surface area contributed by atoms with Gasteiger partial charge < -0.3 is 15.0 Å². The Balaban J connectivity index is 1.68. The van der Waals surface area contributed by atoms with Gasteiger partial charge in [-0.3, -0.25) is 9.59 Å². The van der Waals surface area contributed by atoms with Crippen molar-refractivity contribution in [3.8, 4) is 5.88 Å². The van der Waals surface area contributed by atoms with Gasteiger partial charge in [0.25, 0.3) is 0 Å². The van der Waals surface area contributed by atoms with Crippen molar-refractivity contribution in [1.29, 1.82) is 0 Å². The molecule has 0 unspecified atom stereocenters. The molecule has 1 aromatic carbocycles. The van der Waals surface area contributed by atoms with Gasteiger partial charge in [0.2, 0.25) is 17.7 Å². The molecule has 0 bridgehead atoms. The van der Waals surface area contributed by atoms with E-state index in [2.05, 4.69) is 28.9 Å². The number of aromatic nitrogens is 1. The van der Waals surface area contributed by atoms with E-state index in [1.165, 1.54) is 6.07 Å². The Hall–Kier alpha value is -3.03. The van der Waals surface area contributed by atoms with Gasteiger partial charge in [-0.1, -0.05) is 38.1 Å². The Labute approximate surface area is 192 Å². The molecule has 0 radical (unpaired) electrons. The molecule has 4 rings (SSSR count). The summed E-state index contributed by atoms with van der Waals surface area (Å²) >= 11 is 0. The summed E-state index contributed by atoms with van der Waals surface area (Å²) in [4.78, 5) is 31.3. The molecule has 1 aliphatic heterocycles. The van der Waals surface area contributed by atoms with Crippen LogP contribution >= 0.6 is 0 Å². The highest BCUT2D eigenvalue weighted by Crippen LogP contribution is 2.61. The molecule has 2 aliphatic rings. The fourth-order valence-electron chi connectivity index (χ4n) is 5.39. The number of benzene rings is 1. The zero-order chi connectivity index (χ0) is 24.0. The summed E-state index contributed by atoms with van der Waals surface area (Å²) in [5, 5.41) is 2.83. The van der Waals surface area contributed by atoms with Gasteiger partial charge in [-0.25, -0.2) is 4.98 Å². The smallest absolute Gasteiger partial charge is 0.388 e.